The van der Waals surface area contributed by atoms with Crippen molar-refractivity contribution in [2.75, 3.05) is 25.9 Å². The van der Waals surface area contributed by atoms with E-state index in [0.717, 1.165) is 12.8 Å². The van der Waals surface area contributed by atoms with Crippen LogP contribution in [0.2, 0.25) is 0 Å². The van der Waals surface area contributed by atoms with Crippen LogP contribution in [0.15, 0.2) is 18.2 Å². The molecule has 1 aliphatic heterocycles. The second-order valence-corrected chi connectivity index (χ2v) is 4.48. The highest BCUT2D eigenvalue weighted by atomic mass is 19.1. The van der Waals surface area contributed by atoms with E-state index in [9.17, 15) is 9.18 Å². The molecule has 0 aromatic heterocycles. The SMILES string of the molecule is COC1CCCN(C(=O)c2cc(F)ccc2N)C1. The van der Waals surface area contributed by atoms with Gasteiger partial charge in [0.15, 0.2) is 0 Å². The lowest BCUT2D eigenvalue weighted by atomic mass is 10.1. The quantitative estimate of drug-likeness (QED) is 0.814. The zero-order valence-electron chi connectivity index (χ0n) is 10.4. The summed E-state index contributed by atoms with van der Waals surface area (Å²) >= 11 is 0. The summed E-state index contributed by atoms with van der Waals surface area (Å²) in [7, 11) is 1.63. The Hall–Kier alpha value is -1.62. The summed E-state index contributed by atoms with van der Waals surface area (Å²) < 4.78 is 18.4. The molecule has 1 aliphatic rings. The molecule has 18 heavy (non-hydrogen) atoms. The minimum Gasteiger partial charge on any atom is -0.398 e. The van der Waals surface area contributed by atoms with Crippen LogP contribution in [0.4, 0.5) is 10.1 Å². The third-order valence-electron chi connectivity index (χ3n) is 3.24. The molecule has 1 aromatic rings. The molecule has 0 aliphatic carbocycles. The Bertz CT molecular complexity index is 451. The Morgan fingerprint density at radius 3 is 3.06 bits per heavy atom. The van der Waals surface area contributed by atoms with Crippen molar-refractivity contribution in [3.63, 3.8) is 0 Å². The van der Waals surface area contributed by atoms with Crippen molar-refractivity contribution < 1.29 is 13.9 Å². The molecule has 1 aromatic carbocycles. The fraction of sp³-hybridized carbons (Fsp3) is 0.462. The van der Waals surface area contributed by atoms with Crippen LogP contribution in [-0.4, -0.2) is 37.1 Å². The number of hydrogen-bond acceptors (Lipinski definition) is 3. The Labute approximate surface area is 106 Å². The number of anilines is 1. The van der Waals surface area contributed by atoms with Crippen molar-refractivity contribution in [2.24, 2.45) is 0 Å². The minimum absolute atomic E-state index is 0.0532. The zero-order chi connectivity index (χ0) is 13.1. The number of carbonyl (C=O) groups is 1. The molecule has 0 spiro atoms. The van der Waals surface area contributed by atoms with Gasteiger partial charge in [-0.05, 0) is 31.0 Å². The largest absolute Gasteiger partial charge is 0.398 e. The normalized spacial score (nSPS) is 19.9. The Morgan fingerprint density at radius 2 is 2.33 bits per heavy atom. The van der Waals surface area contributed by atoms with E-state index in [0.29, 0.717) is 18.8 Å². The van der Waals surface area contributed by atoms with E-state index in [1.165, 1.54) is 18.2 Å². The summed E-state index contributed by atoms with van der Waals surface area (Å²) in [6.45, 7) is 1.19. The molecule has 1 heterocycles. The van der Waals surface area contributed by atoms with Crippen molar-refractivity contribution in [3.05, 3.63) is 29.6 Å². The predicted octanol–water partition coefficient (Wildman–Crippen LogP) is 1.66. The monoisotopic (exact) mass is 252 g/mol. The highest BCUT2D eigenvalue weighted by Crippen LogP contribution is 2.19. The molecule has 2 N–H and O–H groups in total. The van der Waals surface area contributed by atoms with E-state index in [-0.39, 0.29) is 17.6 Å². The molecule has 4 nitrogen and oxygen atoms in total. The number of carbonyl (C=O) groups excluding carboxylic acids is 1. The van der Waals surface area contributed by atoms with Gasteiger partial charge >= 0.3 is 0 Å². The number of ether oxygens (including phenoxy) is 1. The Kier molecular flexibility index (Phi) is 3.81. The fourth-order valence-corrected chi connectivity index (χ4v) is 2.20. The molecule has 1 amide bonds. The lowest BCUT2D eigenvalue weighted by molar-refractivity contribution is 0.0269. The van der Waals surface area contributed by atoms with Gasteiger partial charge in [-0.1, -0.05) is 0 Å². The first kappa shape index (κ1) is 12.8. The van der Waals surface area contributed by atoms with Crippen LogP contribution in [0, 0.1) is 5.82 Å². The topological polar surface area (TPSA) is 55.6 Å². The molecule has 1 saturated heterocycles. The molecule has 1 fully saturated rings. The molecule has 0 saturated carbocycles. The van der Waals surface area contributed by atoms with Gasteiger partial charge in [-0.15, -0.1) is 0 Å². The number of halogens is 1. The molecule has 2 rings (SSSR count). The van der Waals surface area contributed by atoms with Crippen LogP contribution in [0.5, 0.6) is 0 Å². The van der Waals surface area contributed by atoms with Crippen LogP contribution in [0.1, 0.15) is 23.2 Å². The first-order valence-electron chi connectivity index (χ1n) is 5.99. The van der Waals surface area contributed by atoms with E-state index in [2.05, 4.69) is 0 Å². The van der Waals surface area contributed by atoms with Crippen LogP contribution in [0.3, 0.4) is 0 Å². The van der Waals surface area contributed by atoms with Crippen LogP contribution in [0.25, 0.3) is 0 Å². The summed E-state index contributed by atoms with van der Waals surface area (Å²) in [6.07, 6.45) is 1.88. The van der Waals surface area contributed by atoms with Crippen LogP contribution < -0.4 is 5.73 Å². The van der Waals surface area contributed by atoms with Crippen LogP contribution >= 0.6 is 0 Å². The third kappa shape index (κ3) is 2.61. The van der Waals surface area contributed by atoms with Crippen molar-refractivity contribution in [3.8, 4) is 0 Å². The molecule has 1 atom stereocenters. The van der Waals surface area contributed by atoms with Crippen molar-refractivity contribution in [1.82, 2.24) is 4.90 Å². The molecular weight excluding hydrogens is 235 g/mol. The maximum absolute atomic E-state index is 13.2. The van der Waals surface area contributed by atoms with Crippen LogP contribution in [-0.2, 0) is 4.74 Å². The number of piperidine rings is 1. The molecule has 0 radical (unpaired) electrons. The summed E-state index contributed by atoms with van der Waals surface area (Å²) in [4.78, 5) is 13.9. The number of benzene rings is 1. The van der Waals surface area contributed by atoms with Crippen molar-refractivity contribution >= 4 is 11.6 Å². The van der Waals surface area contributed by atoms with Gasteiger partial charge in [-0.3, -0.25) is 4.79 Å². The van der Waals surface area contributed by atoms with Gasteiger partial charge in [0.25, 0.3) is 5.91 Å². The molecule has 0 bridgehead atoms. The number of nitrogens with zero attached hydrogens (tertiary/aromatic N) is 1. The van der Waals surface area contributed by atoms with Gasteiger partial charge < -0.3 is 15.4 Å². The summed E-state index contributed by atoms with van der Waals surface area (Å²) in [5, 5.41) is 0. The molecular formula is C13H17FN2O2. The zero-order valence-corrected chi connectivity index (χ0v) is 10.4. The van der Waals surface area contributed by atoms with Crippen molar-refractivity contribution in [2.45, 2.75) is 18.9 Å². The highest BCUT2D eigenvalue weighted by molar-refractivity contribution is 5.99. The maximum atomic E-state index is 13.2. The summed E-state index contributed by atoms with van der Waals surface area (Å²) in [6, 6.07) is 3.86. The number of hydrogen-bond donors (Lipinski definition) is 1. The number of likely N-dealkylation sites (tertiary alicyclic amines) is 1. The van der Waals surface area contributed by atoms with Gasteiger partial charge in [0, 0.05) is 25.9 Å². The Balaban J connectivity index is 2.17. The molecule has 5 heteroatoms. The van der Waals surface area contributed by atoms with E-state index >= 15 is 0 Å². The highest BCUT2D eigenvalue weighted by Gasteiger charge is 2.25. The standard InChI is InChI=1S/C13H17FN2O2/c1-18-10-3-2-6-16(8-10)13(17)11-7-9(14)4-5-12(11)15/h4-5,7,10H,2-3,6,8,15H2,1H3. The first-order valence-corrected chi connectivity index (χ1v) is 5.99. The number of nitrogens with two attached hydrogens (primary N) is 1. The average molecular weight is 252 g/mol. The third-order valence-corrected chi connectivity index (χ3v) is 3.24. The lowest BCUT2D eigenvalue weighted by Gasteiger charge is -2.32. The maximum Gasteiger partial charge on any atom is 0.256 e. The molecule has 98 valence electrons. The van der Waals surface area contributed by atoms with E-state index in [1.54, 1.807) is 12.0 Å². The first-order chi connectivity index (χ1) is 8.61. The smallest absolute Gasteiger partial charge is 0.256 e. The van der Waals surface area contributed by atoms with E-state index in [4.69, 9.17) is 10.5 Å². The van der Waals surface area contributed by atoms with Gasteiger partial charge in [-0.2, -0.15) is 0 Å². The number of methoxy groups -OCH3 is 1. The number of rotatable bonds is 2. The number of nitrogen functional groups attached to an aromatic ring is 1. The average Bonchev–Trinajstić information content (AvgIpc) is 2.41. The van der Waals surface area contributed by atoms with Crippen molar-refractivity contribution in [1.29, 1.82) is 0 Å². The van der Waals surface area contributed by atoms with E-state index in [1.807, 2.05) is 0 Å². The second-order valence-electron chi connectivity index (χ2n) is 4.48. The van der Waals surface area contributed by atoms with Gasteiger partial charge in [-0.25, -0.2) is 4.39 Å². The predicted molar refractivity (Wildman–Crippen MR) is 66.7 cm³/mol. The van der Waals surface area contributed by atoms with Gasteiger partial charge in [0.05, 0.1) is 11.7 Å². The Morgan fingerprint density at radius 1 is 1.56 bits per heavy atom. The fourth-order valence-electron chi connectivity index (χ4n) is 2.20. The second kappa shape index (κ2) is 5.35. The van der Waals surface area contributed by atoms with Gasteiger partial charge in [0.2, 0.25) is 0 Å². The van der Waals surface area contributed by atoms with Gasteiger partial charge in [0.1, 0.15) is 5.82 Å². The molecule has 1 unspecified atom stereocenters. The number of amides is 1. The minimum atomic E-state index is -0.451. The summed E-state index contributed by atoms with van der Waals surface area (Å²) in [5.41, 5.74) is 6.25. The summed E-state index contributed by atoms with van der Waals surface area (Å²) in [5.74, 6) is -0.679. The lowest BCUT2D eigenvalue weighted by Crippen LogP contribution is -2.43. The van der Waals surface area contributed by atoms with E-state index < -0.39 is 5.82 Å².